The minimum atomic E-state index is -3.58. The van der Waals surface area contributed by atoms with Crippen molar-refractivity contribution >= 4 is 15.9 Å². The number of hydrogen-bond acceptors (Lipinski definition) is 3. The Morgan fingerprint density at radius 1 is 1.08 bits per heavy atom. The van der Waals surface area contributed by atoms with Crippen molar-refractivity contribution in [1.29, 1.82) is 0 Å². The van der Waals surface area contributed by atoms with Crippen molar-refractivity contribution in [3.05, 3.63) is 29.8 Å². The minimum Gasteiger partial charge on any atom is -0.349 e. The van der Waals surface area contributed by atoms with Crippen molar-refractivity contribution < 1.29 is 13.2 Å². The molecule has 2 rings (SSSR count). The van der Waals surface area contributed by atoms with Crippen molar-refractivity contribution in [1.82, 2.24) is 10.0 Å². The first kappa shape index (κ1) is 19.9. The fourth-order valence-electron chi connectivity index (χ4n) is 3.23. The summed E-state index contributed by atoms with van der Waals surface area (Å²) in [7, 11) is -3.58. The van der Waals surface area contributed by atoms with Crippen LogP contribution in [-0.2, 0) is 10.0 Å². The van der Waals surface area contributed by atoms with Gasteiger partial charge in [0, 0.05) is 17.1 Å². The van der Waals surface area contributed by atoms with Crippen molar-refractivity contribution in [2.24, 2.45) is 5.92 Å². The average molecular weight is 367 g/mol. The van der Waals surface area contributed by atoms with Crippen LogP contribution in [0.25, 0.3) is 0 Å². The molecule has 1 aliphatic rings. The van der Waals surface area contributed by atoms with E-state index in [4.69, 9.17) is 0 Å². The maximum Gasteiger partial charge on any atom is 0.251 e. The Morgan fingerprint density at radius 3 is 2.12 bits per heavy atom. The fourth-order valence-corrected chi connectivity index (χ4v) is 4.65. The maximum absolute atomic E-state index is 12.4. The third-order valence-electron chi connectivity index (χ3n) is 4.63. The predicted octanol–water partition coefficient (Wildman–Crippen LogP) is 3.46. The first-order valence-electron chi connectivity index (χ1n) is 9.05. The molecule has 2 N–H and O–H groups in total. The quantitative estimate of drug-likeness (QED) is 0.838. The van der Waals surface area contributed by atoms with Gasteiger partial charge >= 0.3 is 0 Å². The van der Waals surface area contributed by atoms with Gasteiger partial charge in [0.15, 0.2) is 0 Å². The highest BCUT2D eigenvalue weighted by atomic mass is 32.2. The van der Waals surface area contributed by atoms with E-state index in [1.165, 1.54) is 18.6 Å². The molecule has 1 aromatic carbocycles. The summed E-state index contributed by atoms with van der Waals surface area (Å²) in [5.41, 5.74) is -0.0565. The highest BCUT2D eigenvalue weighted by molar-refractivity contribution is 7.89. The van der Waals surface area contributed by atoms with Gasteiger partial charge in [-0.1, -0.05) is 13.3 Å². The lowest BCUT2D eigenvalue weighted by molar-refractivity contribution is 0.0921. The molecule has 1 saturated carbocycles. The highest BCUT2D eigenvalue weighted by Crippen LogP contribution is 2.26. The second kappa shape index (κ2) is 7.87. The van der Waals surface area contributed by atoms with E-state index >= 15 is 0 Å². The summed E-state index contributed by atoms with van der Waals surface area (Å²) < 4.78 is 27.2. The Morgan fingerprint density at radius 2 is 1.64 bits per heavy atom. The lowest BCUT2D eigenvalue weighted by Gasteiger charge is -2.28. The Balaban J connectivity index is 1.99. The number of benzene rings is 1. The van der Waals surface area contributed by atoms with Gasteiger partial charge in [0.1, 0.15) is 0 Å². The van der Waals surface area contributed by atoms with Gasteiger partial charge in [-0.2, -0.15) is 0 Å². The van der Waals surface area contributed by atoms with Crippen molar-refractivity contribution in [3.63, 3.8) is 0 Å². The molecule has 5 nitrogen and oxygen atoms in total. The molecule has 0 radical (unpaired) electrons. The van der Waals surface area contributed by atoms with Crippen LogP contribution in [0.5, 0.6) is 0 Å². The standard InChI is InChI=1S/C19H30N2O3S/c1-5-14-6-10-16(11-7-14)20-18(22)15-8-12-17(13-9-15)25(23,24)21-19(2,3)4/h8-9,12-14,16,21H,5-7,10-11H2,1-4H3,(H,20,22). The summed E-state index contributed by atoms with van der Waals surface area (Å²) in [6.07, 6.45) is 5.58. The van der Waals surface area contributed by atoms with Crippen LogP contribution in [0.3, 0.4) is 0 Å². The van der Waals surface area contributed by atoms with Crippen LogP contribution >= 0.6 is 0 Å². The monoisotopic (exact) mass is 366 g/mol. The molecular weight excluding hydrogens is 336 g/mol. The van der Waals surface area contributed by atoms with Gasteiger partial charge in [0.2, 0.25) is 10.0 Å². The van der Waals surface area contributed by atoms with Gasteiger partial charge in [-0.25, -0.2) is 13.1 Å². The first-order valence-corrected chi connectivity index (χ1v) is 10.5. The molecule has 0 aromatic heterocycles. The van der Waals surface area contributed by atoms with E-state index in [0.29, 0.717) is 5.56 Å². The summed E-state index contributed by atoms with van der Waals surface area (Å²) in [5, 5.41) is 3.07. The summed E-state index contributed by atoms with van der Waals surface area (Å²) >= 11 is 0. The van der Waals surface area contributed by atoms with Gasteiger partial charge < -0.3 is 5.32 Å². The van der Waals surface area contributed by atoms with Crippen LogP contribution in [0.4, 0.5) is 0 Å². The van der Waals surface area contributed by atoms with Crippen molar-refractivity contribution in [3.8, 4) is 0 Å². The molecule has 1 aliphatic carbocycles. The highest BCUT2D eigenvalue weighted by Gasteiger charge is 2.23. The molecule has 1 amide bonds. The second-order valence-corrected chi connectivity index (χ2v) is 9.66. The molecule has 0 saturated heterocycles. The number of rotatable bonds is 5. The van der Waals surface area contributed by atoms with E-state index in [2.05, 4.69) is 17.0 Å². The number of sulfonamides is 1. The van der Waals surface area contributed by atoms with Gasteiger partial charge in [-0.15, -0.1) is 0 Å². The average Bonchev–Trinajstić information content (AvgIpc) is 2.53. The lowest BCUT2D eigenvalue weighted by Crippen LogP contribution is -2.40. The van der Waals surface area contributed by atoms with Crippen LogP contribution < -0.4 is 10.0 Å². The number of carbonyl (C=O) groups is 1. The Hall–Kier alpha value is -1.40. The third kappa shape index (κ3) is 5.82. The SMILES string of the molecule is CCC1CCC(NC(=O)c2ccc(S(=O)(=O)NC(C)(C)C)cc2)CC1. The smallest absolute Gasteiger partial charge is 0.251 e. The van der Waals surface area contributed by atoms with Gasteiger partial charge in [0.05, 0.1) is 4.90 Å². The number of nitrogens with one attached hydrogen (secondary N) is 2. The Bertz CT molecular complexity index is 682. The number of carbonyl (C=O) groups excluding carboxylic acids is 1. The Kier molecular flexibility index (Phi) is 6.27. The van der Waals surface area contributed by atoms with E-state index in [9.17, 15) is 13.2 Å². The predicted molar refractivity (Wildman–Crippen MR) is 100 cm³/mol. The number of amides is 1. The third-order valence-corrected chi connectivity index (χ3v) is 6.40. The molecule has 0 unspecified atom stereocenters. The molecule has 0 bridgehead atoms. The maximum atomic E-state index is 12.4. The molecule has 1 fully saturated rings. The van der Waals surface area contributed by atoms with E-state index in [0.717, 1.165) is 31.6 Å². The molecule has 1 aromatic rings. The first-order chi connectivity index (χ1) is 11.6. The van der Waals surface area contributed by atoms with Crippen LogP contribution in [0.1, 0.15) is 70.2 Å². The van der Waals surface area contributed by atoms with Crippen LogP contribution in [0, 0.1) is 5.92 Å². The van der Waals surface area contributed by atoms with Gasteiger partial charge in [-0.3, -0.25) is 4.79 Å². The molecule has 140 valence electrons. The van der Waals surface area contributed by atoms with Crippen molar-refractivity contribution in [2.75, 3.05) is 0 Å². The largest absolute Gasteiger partial charge is 0.349 e. The Labute approximate surface area is 151 Å². The van der Waals surface area contributed by atoms with Crippen molar-refractivity contribution in [2.45, 2.75) is 76.3 Å². The molecular formula is C19H30N2O3S. The summed E-state index contributed by atoms with van der Waals surface area (Å²) in [5.74, 6) is 0.653. The summed E-state index contributed by atoms with van der Waals surface area (Å²) in [6, 6.07) is 6.34. The lowest BCUT2D eigenvalue weighted by atomic mass is 9.84. The molecule has 0 atom stereocenters. The zero-order valence-electron chi connectivity index (χ0n) is 15.6. The van der Waals surface area contributed by atoms with Crippen LogP contribution in [0.2, 0.25) is 0 Å². The van der Waals surface area contributed by atoms with Gasteiger partial charge in [0.25, 0.3) is 5.91 Å². The number of hydrogen-bond donors (Lipinski definition) is 2. The normalized spacial score (nSPS) is 21.8. The van der Waals surface area contributed by atoms with E-state index < -0.39 is 15.6 Å². The summed E-state index contributed by atoms with van der Waals surface area (Å²) in [4.78, 5) is 12.5. The molecule has 6 heteroatoms. The zero-order chi connectivity index (χ0) is 18.7. The minimum absolute atomic E-state index is 0.132. The summed E-state index contributed by atoms with van der Waals surface area (Å²) in [6.45, 7) is 7.59. The van der Waals surface area contributed by atoms with Crippen LogP contribution in [0.15, 0.2) is 29.2 Å². The van der Waals surface area contributed by atoms with E-state index in [-0.39, 0.29) is 16.8 Å². The van der Waals surface area contributed by atoms with Crippen LogP contribution in [-0.4, -0.2) is 25.9 Å². The topological polar surface area (TPSA) is 75.3 Å². The molecule has 0 aliphatic heterocycles. The van der Waals surface area contributed by atoms with E-state index in [1.807, 2.05) is 0 Å². The zero-order valence-corrected chi connectivity index (χ0v) is 16.4. The molecule has 25 heavy (non-hydrogen) atoms. The second-order valence-electron chi connectivity index (χ2n) is 7.98. The molecule has 0 heterocycles. The van der Waals surface area contributed by atoms with E-state index in [1.54, 1.807) is 32.9 Å². The van der Waals surface area contributed by atoms with Gasteiger partial charge in [-0.05, 0) is 76.6 Å². The fraction of sp³-hybridized carbons (Fsp3) is 0.632. The molecule has 0 spiro atoms.